The van der Waals surface area contributed by atoms with Gasteiger partial charge in [-0.15, -0.1) is 0 Å². The standard InChI is InChI=1S/C9H14O.C5H8.C4H6O.CH4/c1-7-3-5-9(6-4-7)8(2)10;1-4-5(2)3;1-3-4(2)5;/h3,9H,4-6H2,1-2H3;4H,1-2H2,3H3;3H,1H2,2H3;1H4. The van der Waals surface area contributed by atoms with Crippen molar-refractivity contribution >= 4 is 11.6 Å². The molecule has 0 fully saturated rings. The third-order valence-corrected chi connectivity index (χ3v) is 2.85. The van der Waals surface area contributed by atoms with Crippen molar-refractivity contribution in [2.45, 2.75) is 54.4 Å². The third-order valence-electron chi connectivity index (χ3n) is 2.85. The molecule has 0 N–H and O–H groups in total. The van der Waals surface area contributed by atoms with E-state index in [0.29, 0.717) is 11.7 Å². The Balaban J connectivity index is -0.000000254. The molecule has 0 radical (unpaired) electrons. The van der Waals surface area contributed by atoms with Crippen LogP contribution in [0.3, 0.4) is 0 Å². The van der Waals surface area contributed by atoms with Gasteiger partial charge in [-0.05, 0) is 53.0 Å². The summed E-state index contributed by atoms with van der Waals surface area (Å²) in [6.45, 7) is 17.4. The van der Waals surface area contributed by atoms with Gasteiger partial charge in [-0.2, -0.15) is 0 Å². The summed E-state index contributed by atoms with van der Waals surface area (Å²) in [5, 5.41) is 0. The maximum Gasteiger partial charge on any atom is 0.152 e. The fourth-order valence-corrected chi connectivity index (χ4v) is 1.33. The number of carbonyl (C=O) groups excluding carboxylic acids is 2. The van der Waals surface area contributed by atoms with Crippen molar-refractivity contribution < 1.29 is 9.59 Å². The average Bonchev–Trinajstić information content (AvgIpc) is 2.40. The van der Waals surface area contributed by atoms with Gasteiger partial charge in [0.1, 0.15) is 5.78 Å². The van der Waals surface area contributed by atoms with Crippen LogP contribution in [0.5, 0.6) is 0 Å². The van der Waals surface area contributed by atoms with Gasteiger partial charge in [0.25, 0.3) is 0 Å². The van der Waals surface area contributed by atoms with Gasteiger partial charge in [-0.3, -0.25) is 9.59 Å². The van der Waals surface area contributed by atoms with Crippen LogP contribution < -0.4 is 0 Å². The maximum absolute atomic E-state index is 10.9. The van der Waals surface area contributed by atoms with E-state index in [-0.39, 0.29) is 13.2 Å². The monoisotopic (exact) mass is 292 g/mol. The minimum Gasteiger partial charge on any atom is -0.300 e. The molecule has 0 aliphatic heterocycles. The lowest BCUT2D eigenvalue weighted by atomic mass is 9.88. The first-order chi connectivity index (χ1) is 9.24. The highest BCUT2D eigenvalue weighted by Crippen LogP contribution is 2.23. The summed E-state index contributed by atoms with van der Waals surface area (Å²) in [5.41, 5.74) is 2.46. The Hall–Kier alpha value is -1.70. The van der Waals surface area contributed by atoms with E-state index in [9.17, 15) is 9.59 Å². The molecule has 0 heterocycles. The van der Waals surface area contributed by atoms with E-state index in [1.54, 1.807) is 13.0 Å². The summed E-state index contributed by atoms with van der Waals surface area (Å²) in [4.78, 5) is 20.6. The molecule has 0 bridgehead atoms. The summed E-state index contributed by atoms with van der Waals surface area (Å²) in [6.07, 6.45) is 8.35. The van der Waals surface area contributed by atoms with Crippen LogP contribution in [0.4, 0.5) is 0 Å². The lowest BCUT2D eigenvalue weighted by Gasteiger charge is -2.16. The summed E-state index contributed by atoms with van der Waals surface area (Å²) in [7, 11) is 0. The smallest absolute Gasteiger partial charge is 0.152 e. The molecule has 2 nitrogen and oxygen atoms in total. The van der Waals surface area contributed by atoms with Crippen LogP contribution in [0.1, 0.15) is 54.4 Å². The zero-order valence-electron chi connectivity index (χ0n) is 13.4. The molecule has 1 rings (SSSR count). The molecule has 0 saturated heterocycles. The van der Waals surface area contributed by atoms with Crippen molar-refractivity contribution in [1.82, 2.24) is 0 Å². The number of allylic oxidation sites excluding steroid dienone is 5. The second-order valence-corrected chi connectivity index (χ2v) is 5.00. The van der Waals surface area contributed by atoms with Crippen molar-refractivity contribution in [2.24, 2.45) is 5.92 Å². The molecule has 1 aliphatic rings. The minimum absolute atomic E-state index is 0. The fraction of sp³-hybridized carbons (Fsp3) is 0.474. The Morgan fingerprint density at radius 2 is 1.62 bits per heavy atom. The van der Waals surface area contributed by atoms with Gasteiger partial charge in [-0.1, -0.05) is 50.5 Å². The Kier molecular flexibility index (Phi) is 17.0. The predicted molar refractivity (Wildman–Crippen MR) is 94.4 cm³/mol. The first-order valence-electron chi connectivity index (χ1n) is 6.81. The summed E-state index contributed by atoms with van der Waals surface area (Å²) in [5.74, 6) is 0.692. The molecule has 2 heteroatoms. The highest BCUT2D eigenvalue weighted by Gasteiger charge is 2.15. The summed E-state index contributed by atoms with van der Waals surface area (Å²) >= 11 is 0. The molecule has 0 aromatic heterocycles. The van der Waals surface area contributed by atoms with Crippen LogP contribution in [-0.4, -0.2) is 11.6 Å². The molecule has 1 aliphatic carbocycles. The van der Waals surface area contributed by atoms with Gasteiger partial charge in [-0.25, -0.2) is 0 Å². The molecule has 0 saturated carbocycles. The van der Waals surface area contributed by atoms with Gasteiger partial charge in [0.05, 0.1) is 0 Å². The van der Waals surface area contributed by atoms with Gasteiger partial charge < -0.3 is 0 Å². The van der Waals surface area contributed by atoms with Crippen LogP contribution in [0.2, 0.25) is 0 Å². The SMILES string of the molecule is C.C=CC(=C)C.C=CC(C)=O.CC(=O)C1CC=C(C)CC1. The van der Waals surface area contributed by atoms with Crippen molar-refractivity contribution in [3.05, 3.63) is 49.1 Å². The van der Waals surface area contributed by atoms with Crippen LogP contribution >= 0.6 is 0 Å². The number of hydrogen-bond acceptors (Lipinski definition) is 2. The number of rotatable bonds is 3. The Morgan fingerprint density at radius 1 is 1.19 bits per heavy atom. The largest absolute Gasteiger partial charge is 0.300 e. The quantitative estimate of drug-likeness (QED) is 0.393. The Morgan fingerprint density at radius 3 is 1.81 bits per heavy atom. The van der Waals surface area contributed by atoms with E-state index in [0.717, 1.165) is 24.8 Å². The van der Waals surface area contributed by atoms with Crippen molar-refractivity contribution in [3.63, 3.8) is 0 Å². The molecule has 1 unspecified atom stereocenters. The topological polar surface area (TPSA) is 34.1 Å². The first-order valence-corrected chi connectivity index (χ1v) is 6.81. The number of hydrogen-bond donors (Lipinski definition) is 0. The molecule has 0 aromatic rings. The van der Waals surface area contributed by atoms with E-state index < -0.39 is 0 Å². The van der Waals surface area contributed by atoms with Crippen LogP contribution in [-0.2, 0) is 9.59 Å². The van der Waals surface area contributed by atoms with Crippen LogP contribution in [0, 0.1) is 5.92 Å². The number of ketones is 2. The fourth-order valence-electron chi connectivity index (χ4n) is 1.33. The highest BCUT2D eigenvalue weighted by atomic mass is 16.1. The van der Waals surface area contributed by atoms with Gasteiger partial charge in [0.2, 0.25) is 0 Å². The Labute approximate surface area is 131 Å². The molecule has 0 spiro atoms. The molecule has 0 aromatic carbocycles. The number of carbonyl (C=O) groups is 2. The maximum atomic E-state index is 10.9. The molecule has 1 atom stereocenters. The first kappa shape index (κ1) is 24.3. The molecule has 0 amide bonds. The lowest BCUT2D eigenvalue weighted by molar-refractivity contribution is -0.121. The van der Waals surface area contributed by atoms with E-state index >= 15 is 0 Å². The average molecular weight is 292 g/mol. The number of Topliss-reactive ketones (excluding diaryl/α,β-unsaturated/α-hetero) is 1. The zero-order valence-corrected chi connectivity index (χ0v) is 13.4. The molecule has 21 heavy (non-hydrogen) atoms. The van der Waals surface area contributed by atoms with Crippen molar-refractivity contribution in [3.8, 4) is 0 Å². The third kappa shape index (κ3) is 18.3. The van der Waals surface area contributed by atoms with E-state index in [1.165, 1.54) is 18.6 Å². The molecular weight excluding hydrogens is 260 g/mol. The van der Waals surface area contributed by atoms with Gasteiger partial charge in [0.15, 0.2) is 5.78 Å². The normalized spacial score (nSPS) is 15.4. The minimum atomic E-state index is 0. The second kappa shape index (κ2) is 14.7. The molecular formula is C19H32O2. The van der Waals surface area contributed by atoms with Crippen LogP contribution in [0.25, 0.3) is 0 Å². The van der Waals surface area contributed by atoms with E-state index in [1.807, 2.05) is 6.92 Å². The van der Waals surface area contributed by atoms with E-state index in [2.05, 4.69) is 32.7 Å². The highest BCUT2D eigenvalue weighted by molar-refractivity contribution is 5.86. The van der Waals surface area contributed by atoms with Crippen molar-refractivity contribution in [2.75, 3.05) is 0 Å². The van der Waals surface area contributed by atoms with Crippen LogP contribution in [0.15, 0.2) is 49.1 Å². The van der Waals surface area contributed by atoms with Gasteiger partial charge in [0, 0.05) is 5.92 Å². The summed E-state index contributed by atoms with van der Waals surface area (Å²) in [6, 6.07) is 0. The second-order valence-electron chi connectivity index (χ2n) is 5.00. The molecule has 120 valence electrons. The van der Waals surface area contributed by atoms with Gasteiger partial charge >= 0.3 is 0 Å². The van der Waals surface area contributed by atoms with E-state index in [4.69, 9.17) is 0 Å². The Bertz CT molecular complexity index is 368. The lowest BCUT2D eigenvalue weighted by Crippen LogP contribution is -2.12. The summed E-state index contributed by atoms with van der Waals surface area (Å²) < 4.78 is 0. The zero-order chi connectivity index (χ0) is 16.1. The predicted octanol–water partition coefficient (Wildman–Crippen LogP) is 5.47. The van der Waals surface area contributed by atoms with Crippen molar-refractivity contribution in [1.29, 1.82) is 0 Å².